The molecule has 0 spiro atoms. The van der Waals surface area contributed by atoms with Gasteiger partial charge >= 0.3 is 0 Å². The van der Waals surface area contributed by atoms with Crippen LogP contribution in [-0.2, 0) is 4.79 Å². The number of nitrogens with zero attached hydrogens (tertiary/aromatic N) is 1. The fraction of sp³-hybridized carbons (Fsp3) is 0.923. The number of hydrogen-bond acceptors (Lipinski definition) is 2. The lowest BCUT2D eigenvalue weighted by Crippen LogP contribution is -2.36. The first-order valence-electron chi connectivity index (χ1n) is 6.55. The summed E-state index contributed by atoms with van der Waals surface area (Å²) in [5.41, 5.74) is 0.334. The van der Waals surface area contributed by atoms with Crippen molar-refractivity contribution in [2.24, 2.45) is 11.3 Å². The van der Waals surface area contributed by atoms with Gasteiger partial charge in [-0.15, -0.1) is 0 Å². The molecule has 2 rings (SSSR count). The van der Waals surface area contributed by atoms with E-state index >= 15 is 0 Å². The van der Waals surface area contributed by atoms with E-state index in [1.165, 1.54) is 12.8 Å². The molecule has 1 atom stereocenters. The molecule has 92 valence electrons. The fourth-order valence-corrected chi connectivity index (χ4v) is 2.80. The summed E-state index contributed by atoms with van der Waals surface area (Å²) in [6.07, 6.45) is 4.35. The molecule has 3 nitrogen and oxygen atoms in total. The first kappa shape index (κ1) is 11.9. The molecule has 16 heavy (non-hydrogen) atoms. The molecule has 2 heterocycles. The van der Waals surface area contributed by atoms with E-state index in [1.54, 1.807) is 0 Å². The molecule has 2 fully saturated rings. The van der Waals surface area contributed by atoms with Crippen LogP contribution in [0.1, 0.15) is 39.5 Å². The van der Waals surface area contributed by atoms with Crippen LogP contribution in [0.15, 0.2) is 0 Å². The van der Waals surface area contributed by atoms with Crippen LogP contribution in [-0.4, -0.2) is 37.0 Å². The minimum absolute atomic E-state index is 0.334. The van der Waals surface area contributed by atoms with Crippen molar-refractivity contribution in [3.8, 4) is 0 Å². The molecule has 2 aliphatic rings. The zero-order valence-electron chi connectivity index (χ0n) is 10.6. The first-order valence-corrected chi connectivity index (χ1v) is 6.55. The highest BCUT2D eigenvalue weighted by atomic mass is 16.2. The minimum Gasteiger partial charge on any atom is -0.342 e. The average molecular weight is 224 g/mol. The van der Waals surface area contributed by atoms with Gasteiger partial charge in [0, 0.05) is 19.5 Å². The normalized spacial score (nSPS) is 29.4. The van der Waals surface area contributed by atoms with Crippen molar-refractivity contribution in [1.82, 2.24) is 10.2 Å². The number of hydrogen-bond donors (Lipinski definition) is 1. The highest BCUT2D eigenvalue weighted by Crippen LogP contribution is 2.29. The van der Waals surface area contributed by atoms with E-state index in [4.69, 9.17) is 0 Å². The van der Waals surface area contributed by atoms with Gasteiger partial charge in [-0.1, -0.05) is 13.8 Å². The summed E-state index contributed by atoms with van der Waals surface area (Å²) in [5.74, 6) is 0.948. The quantitative estimate of drug-likeness (QED) is 0.773. The number of nitrogens with one attached hydrogen (secondary N) is 1. The molecular formula is C13H24N2O. The molecule has 1 amide bonds. The van der Waals surface area contributed by atoms with Crippen LogP contribution >= 0.6 is 0 Å². The van der Waals surface area contributed by atoms with Crippen molar-refractivity contribution in [3.05, 3.63) is 0 Å². The summed E-state index contributed by atoms with van der Waals surface area (Å²) in [7, 11) is 0. The Balaban J connectivity index is 1.79. The Kier molecular flexibility index (Phi) is 3.53. The fourth-order valence-electron chi connectivity index (χ4n) is 2.80. The van der Waals surface area contributed by atoms with Crippen molar-refractivity contribution in [2.45, 2.75) is 39.5 Å². The van der Waals surface area contributed by atoms with E-state index in [1.807, 2.05) is 0 Å². The van der Waals surface area contributed by atoms with Crippen LogP contribution in [0.4, 0.5) is 0 Å². The molecule has 0 saturated carbocycles. The number of rotatable bonds is 2. The van der Waals surface area contributed by atoms with Gasteiger partial charge in [0.15, 0.2) is 0 Å². The maximum absolute atomic E-state index is 12.1. The molecule has 1 unspecified atom stereocenters. The number of amides is 1. The van der Waals surface area contributed by atoms with E-state index in [-0.39, 0.29) is 0 Å². The van der Waals surface area contributed by atoms with Crippen molar-refractivity contribution < 1.29 is 4.79 Å². The van der Waals surface area contributed by atoms with Crippen molar-refractivity contribution >= 4 is 5.91 Å². The number of carbonyl (C=O) groups is 1. The van der Waals surface area contributed by atoms with Crippen LogP contribution < -0.4 is 5.32 Å². The highest BCUT2D eigenvalue weighted by Gasteiger charge is 2.32. The topological polar surface area (TPSA) is 32.3 Å². The molecule has 0 aromatic carbocycles. The van der Waals surface area contributed by atoms with Gasteiger partial charge in [0.2, 0.25) is 5.91 Å². The summed E-state index contributed by atoms with van der Waals surface area (Å²) in [6.45, 7) is 8.58. The molecule has 0 aliphatic carbocycles. The second kappa shape index (κ2) is 4.74. The standard InChI is InChI=1S/C13H24N2O/c1-13(2)5-7-15(10-13)12(16)8-11-4-3-6-14-9-11/h11,14H,3-10H2,1-2H3. The zero-order valence-corrected chi connectivity index (χ0v) is 10.6. The van der Waals surface area contributed by atoms with Crippen LogP contribution in [0.25, 0.3) is 0 Å². The Bertz CT molecular complexity index is 257. The smallest absolute Gasteiger partial charge is 0.222 e. The lowest BCUT2D eigenvalue weighted by Gasteiger charge is -2.25. The summed E-state index contributed by atoms with van der Waals surface area (Å²) in [5, 5.41) is 3.38. The van der Waals surface area contributed by atoms with Gasteiger partial charge in [0.25, 0.3) is 0 Å². The Hall–Kier alpha value is -0.570. The zero-order chi connectivity index (χ0) is 11.6. The lowest BCUT2D eigenvalue weighted by atomic mass is 9.93. The van der Waals surface area contributed by atoms with Crippen molar-refractivity contribution in [3.63, 3.8) is 0 Å². The third-order valence-electron chi connectivity index (χ3n) is 3.89. The van der Waals surface area contributed by atoms with Gasteiger partial charge in [-0.3, -0.25) is 4.79 Å². The van der Waals surface area contributed by atoms with E-state index < -0.39 is 0 Å². The number of carbonyl (C=O) groups excluding carboxylic acids is 1. The maximum atomic E-state index is 12.1. The predicted molar refractivity (Wildman–Crippen MR) is 65.2 cm³/mol. The Labute approximate surface area is 98.6 Å². The molecular weight excluding hydrogens is 200 g/mol. The Morgan fingerprint density at radius 1 is 1.50 bits per heavy atom. The third kappa shape index (κ3) is 2.97. The Morgan fingerprint density at radius 3 is 2.88 bits per heavy atom. The largest absolute Gasteiger partial charge is 0.342 e. The monoisotopic (exact) mass is 224 g/mol. The second-order valence-electron chi connectivity index (χ2n) is 6.15. The summed E-state index contributed by atoms with van der Waals surface area (Å²) in [4.78, 5) is 14.2. The summed E-state index contributed by atoms with van der Waals surface area (Å²) in [6, 6.07) is 0. The maximum Gasteiger partial charge on any atom is 0.222 e. The SMILES string of the molecule is CC1(C)CCN(C(=O)CC2CCCNC2)C1. The van der Waals surface area contributed by atoms with Gasteiger partial charge in [0.1, 0.15) is 0 Å². The van der Waals surface area contributed by atoms with E-state index in [0.717, 1.165) is 39.0 Å². The van der Waals surface area contributed by atoms with E-state index in [0.29, 0.717) is 17.2 Å². The number of piperidine rings is 1. The molecule has 0 radical (unpaired) electrons. The summed E-state index contributed by atoms with van der Waals surface area (Å²) < 4.78 is 0. The molecule has 3 heteroatoms. The number of likely N-dealkylation sites (tertiary alicyclic amines) is 1. The van der Waals surface area contributed by atoms with Gasteiger partial charge in [-0.25, -0.2) is 0 Å². The van der Waals surface area contributed by atoms with Crippen molar-refractivity contribution in [2.75, 3.05) is 26.2 Å². The average Bonchev–Trinajstić information content (AvgIpc) is 2.60. The van der Waals surface area contributed by atoms with E-state index in [2.05, 4.69) is 24.1 Å². The van der Waals surface area contributed by atoms with Gasteiger partial charge in [-0.2, -0.15) is 0 Å². The van der Waals surface area contributed by atoms with Gasteiger partial charge in [0.05, 0.1) is 0 Å². The van der Waals surface area contributed by atoms with E-state index in [9.17, 15) is 4.79 Å². The molecule has 1 N–H and O–H groups in total. The van der Waals surface area contributed by atoms with Crippen LogP contribution in [0.2, 0.25) is 0 Å². The lowest BCUT2D eigenvalue weighted by molar-refractivity contribution is -0.131. The second-order valence-corrected chi connectivity index (χ2v) is 6.15. The third-order valence-corrected chi connectivity index (χ3v) is 3.89. The molecule has 0 aromatic rings. The Morgan fingerprint density at radius 2 is 2.31 bits per heavy atom. The van der Waals surface area contributed by atoms with Crippen LogP contribution in [0.3, 0.4) is 0 Å². The minimum atomic E-state index is 0.334. The highest BCUT2D eigenvalue weighted by molar-refractivity contribution is 5.76. The van der Waals surface area contributed by atoms with Crippen LogP contribution in [0, 0.1) is 11.3 Å². The van der Waals surface area contributed by atoms with Gasteiger partial charge in [-0.05, 0) is 43.7 Å². The molecule has 0 bridgehead atoms. The van der Waals surface area contributed by atoms with Gasteiger partial charge < -0.3 is 10.2 Å². The first-order chi connectivity index (χ1) is 7.57. The predicted octanol–water partition coefficient (Wildman–Crippen LogP) is 1.63. The molecule has 2 saturated heterocycles. The summed E-state index contributed by atoms with van der Waals surface area (Å²) >= 11 is 0. The van der Waals surface area contributed by atoms with Crippen LogP contribution in [0.5, 0.6) is 0 Å². The van der Waals surface area contributed by atoms with Crippen molar-refractivity contribution in [1.29, 1.82) is 0 Å². The molecule has 0 aromatic heterocycles. The molecule has 2 aliphatic heterocycles.